The number of rotatable bonds is 7. The lowest BCUT2D eigenvalue weighted by molar-refractivity contribution is 0.218. The van der Waals surface area contributed by atoms with E-state index in [1.165, 1.54) is 4.90 Å². The first kappa shape index (κ1) is 15.0. The third-order valence-electron chi connectivity index (χ3n) is 1.85. The first-order chi connectivity index (χ1) is 8.13. The molecule has 0 spiro atoms. The molecule has 0 aliphatic carbocycles. The lowest BCUT2D eigenvalue weighted by atomic mass is 10.3. The van der Waals surface area contributed by atoms with Gasteiger partial charge in [-0.1, -0.05) is 0 Å². The van der Waals surface area contributed by atoms with Gasteiger partial charge in [-0.25, -0.2) is 0 Å². The molecule has 0 N–H and O–H groups in total. The van der Waals surface area contributed by atoms with E-state index in [0.717, 1.165) is 0 Å². The van der Waals surface area contributed by atoms with Crippen LogP contribution in [0.15, 0.2) is 29.2 Å². The predicted molar refractivity (Wildman–Crippen MR) is 76.4 cm³/mol. The van der Waals surface area contributed by atoms with Gasteiger partial charge in [0.1, 0.15) is 5.75 Å². The molecule has 0 bridgehead atoms. The first-order valence-electron chi connectivity index (χ1n) is 5.36. The van der Waals surface area contributed by atoms with Gasteiger partial charge in [0.15, 0.2) is 0 Å². The fourth-order valence-electron chi connectivity index (χ4n) is 1.17. The monoisotopic (exact) mass is 292 g/mol. The molecule has 0 aliphatic heterocycles. The van der Waals surface area contributed by atoms with Gasteiger partial charge in [-0.15, -0.1) is 11.8 Å². The molecule has 17 heavy (non-hydrogen) atoms. The summed E-state index contributed by atoms with van der Waals surface area (Å²) in [6.07, 6.45) is 2.03. The number of hydrogen-bond donors (Lipinski definition) is 0. The zero-order valence-electron chi connectivity index (χ0n) is 10.2. The van der Waals surface area contributed by atoms with Crippen molar-refractivity contribution in [3.05, 3.63) is 24.3 Å². The average Bonchev–Trinajstić information content (AvgIpc) is 2.30. The molecule has 1 aromatic rings. The molecule has 6 heteroatoms. The van der Waals surface area contributed by atoms with Crippen molar-refractivity contribution in [3.8, 4) is 5.75 Å². The molecule has 0 saturated heterocycles. The Morgan fingerprint density at radius 1 is 1.12 bits per heavy atom. The van der Waals surface area contributed by atoms with E-state index in [-0.39, 0.29) is 0 Å². The van der Waals surface area contributed by atoms with E-state index >= 15 is 0 Å². The van der Waals surface area contributed by atoms with Crippen LogP contribution in [0.25, 0.3) is 0 Å². The first-order valence-corrected chi connectivity index (χ1v) is 9.14. The van der Waals surface area contributed by atoms with Crippen molar-refractivity contribution in [1.29, 1.82) is 0 Å². The van der Waals surface area contributed by atoms with E-state index in [9.17, 15) is 0 Å². The van der Waals surface area contributed by atoms with Crippen molar-refractivity contribution in [3.63, 3.8) is 0 Å². The van der Waals surface area contributed by atoms with Gasteiger partial charge in [-0.3, -0.25) is 9.05 Å². The quantitative estimate of drug-likeness (QED) is 0.557. The highest BCUT2D eigenvalue weighted by molar-refractivity contribution is 8.07. The van der Waals surface area contributed by atoms with Gasteiger partial charge in [0, 0.05) is 16.7 Å². The predicted octanol–water partition coefficient (Wildman–Crippen LogP) is 4.08. The Hall–Kier alpha value is -0.0600. The Balaban J connectivity index is 2.75. The van der Waals surface area contributed by atoms with Crippen LogP contribution < -0.4 is 4.52 Å². The molecular formula is C11H17O3PS2. The zero-order valence-corrected chi connectivity index (χ0v) is 12.7. The van der Waals surface area contributed by atoms with Crippen LogP contribution in [0.2, 0.25) is 0 Å². The fourth-order valence-corrected chi connectivity index (χ4v) is 3.66. The SMILES string of the molecule is CCOP(=S)(OCC)Oc1ccc(SC)cc1. The molecular weight excluding hydrogens is 275 g/mol. The Bertz CT molecular complexity index is 371. The summed E-state index contributed by atoms with van der Waals surface area (Å²) < 4.78 is 16.5. The summed E-state index contributed by atoms with van der Waals surface area (Å²) in [7, 11) is 0. The van der Waals surface area contributed by atoms with Gasteiger partial charge in [0.05, 0.1) is 13.2 Å². The van der Waals surface area contributed by atoms with Crippen LogP contribution in [0, 0.1) is 0 Å². The number of hydrogen-bond acceptors (Lipinski definition) is 5. The highest BCUT2D eigenvalue weighted by atomic mass is 32.5. The van der Waals surface area contributed by atoms with E-state index in [4.69, 9.17) is 25.4 Å². The van der Waals surface area contributed by atoms with Gasteiger partial charge >= 0.3 is 6.72 Å². The molecule has 0 amide bonds. The zero-order chi connectivity index (χ0) is 12.7. The summed E-state index contributed by atoms with van der Waals surface area (Å²) in [6, 6.07) is 7.73. The lowest BCUT2D eigenvalue weighted by Gasteiger charge is -2.21. The second kappa shape index (κ2) is 7.39. The maximum absolute atomic E-state index is 5.65. The van der Waals surface area contributed by atoms with Crippen LogP contribution in [0.4, 0.5) is 0 Å². The summed E-state index contributed by atoms with van der Waals surface area (Å²) in [6.45, 7) is 2.08. The second-order valence-corrected chi connectivity index (χ2v) is 6.86. The van der Waals surface area contributed by atoms with E-state index in [1.807, 2.05) is 44.4 Å². The highest BCUT2D eigenvalue weighted by Gasteiger charge is 2.20. The van der Waals surface area contributed by atoms with Crippen molar-refractivity contribution < 1.29 is 13.6 Å². The molecule has 0 unspecified atom stereocenters. The molecule has 1 aromatic carbocycles. The van der Waals surface area contributed by atoms with E-state index in [0.29, 0.717) is 19.0 Å². The fraction of sp³-hybridized carbons (Fsp3) is 0.455. The van der Waals surface area contributed by atoms with E-state index in [1.54, 1.807) is 11.8 Å². The largest absolute Gasteiger partial charge is 0.424 e. The van der Waals surface area contributed by atoms with Gasteiger partial charge in [0.25, 0.3) is 0 Å². The van der Waals surface area contributed by atoms with Gasteiger partial charge in [-0.05, 0) is 44.4 Å². The molecule has 0 saturated carbocycles. The highest BCUT2D eigenvalue weighted by Crippen LogP contribution is 2.49. The molecule has 96 valence electrons. The van der Waals surface area contributed by atoms with Gasteiger partial charge in [0.2, 0.25) is 0 Å². The van der Waals surface area contributed by atoms with Crippen molar-refractivity contribution in [1.82, 2.24) is 0 Å². The lowest BCUT2D eigenvalue weighted by Crippen LogP contribution is -2.01. The van der Waals surface area contributed by atoms with Crippen molar-refractivity contribution in [2.24, 2.45) is 0 Å². The molecule has 1 rings (SSSR count). The Morgan fingerprint density at radius 3 is 2.06 bits per heavy atom. The maximum atomic E-state index is 5.65. The maximum Gasteiger partial charge on any atom is 0.380 e. The third-order valence-corrected chi connectivity index (χ3v) is 5.03. The molecule has 0 heterocycles. The standard InChI is InChI=1S/C11H17O3PS2/c1-4-12-15(16,13-5-2)14-10-6-8-11(17-3)9-7-10/h6-9H,4-5H2,1-3H3. The van der Waals surface area contributed by atoms with Gasteiger partial charge in [-0.2, -0.15) is 0 Å². The normalized spacial score (nSPS) is 11.5. The Morgan fingerprint density at radius 2 is 1.65 bits per heavy atom. The molecule has 0 radical (unpaired) electrons. The molecule has 0 aliphatic rings. The third kappa shape index (κ3) is 4.98. The van der Waals surface area contributed by atoms with Crippen LogP contribution in [0.5, 0.6) is 5.75 Å². The molecule has 0 fully saturated rings. The van der Waals surface area contributed by atoms with E-state index in [2.05, 4.69) is 0 Å². The van der Waals surface area contributed by atoms with E-state index < -0.39 is 6.72 Å². The molecule has 0 atom stereocenters. The number of benzene rings is 1. The summed E-state index contributed by atoms with van der Waals surface area (Å²) in [4.78, 5) is 1.18. The minimum Gasteiger partial charge on any atom is -0.424 e. The van der Waals surface area contributed by atoms with Crippen LogP contribution in [-0.2, 0) is 20.9 Å². The van der Waals surface area contributed by atoms with Crippen molar-refractivity contribution in [2.45, 2.75) is 18.7 Å². The van der Waals surface area contributed by atoms with Crippen LogP contribution in [-0.4, -0.2) is 19.5 Å². The van der Waals surface area contributed by atoms with Crippen molar-refractivity contribution in [2.75, 3.05) is 19.5 Å². The summed E-state index contributed by atoms with van der Waals surface area (Å²) in [5.74, 6) is 0.688. The smallest absolute Gasteiger partial charge is 0.380 e. The van der Waals surface area contributed by atoms with Crippen molar-refractivity contribution >= 4 is 30.3 Å². The summed E-state index contributed by atoms with van der Waals surface area (Å²) in [5, 5.41) is 0. The summed E-state index contributed by atoms with van der Waals surface area (Å²) in [5.41, 5.74) is 0. The van der Waals surface area contributed by atoms with Gasteiger partial charge < -0.3 is 4.52 Å². The average molecular weight is 292 g/mol. The Kier molecular flexibility index (Phi) is 6.52. The topological polar surface area (TPSA) is 27.7 Å². The van der Waals surface area contributed by atoms with Crippen LogP contribution >= 0.6 is 18.5 Å². The minimum absolute atomic E-state index is 0.486. The Labute approximate surface area is 112 Å². The molecule has 0 aromatic heterocycles. The number of thioether (sulfide) groups is 1. The van der Waals surface area contributed by atoms with Crippen LogP contribution in [0.1, 0.15) is 13.8 Å². The minimum atomic E-state index is -2.64. The second-order valence-electron chi connectivity index (χ2n) is 3.05. The molecule has 3 nitrogen and oxygen atoms in total. The summed E-state index contributed by atoms with van der Waals surface area (Å²) >= 11 is 6.96. The van der Waals surface area contributed by atoms with Crippen LogP contribution in [0.3, 0.4) is 0 Å².